The largest absolute Gasteiger partial charge is 0.326 e. The normalized spacial score (nSPS) is 10.3. The van der Waals surface area contributed by atoms with Gasteiger partial charge in [0.2, 0.25) is 5.43 Å². The molecule has 12 heavy (non-hydrogen) atoms. The van der Waals surface area contributed by atoms with Crippen molar-refractivity contribution in [2.24, 2.45) is 0 Å². The first-order valence-corrected chi connectivity index (χ1v) is 3.34. The molecule has 0 amide bonds. The van der Waals surface area contributed by atoms with Crippen LogP contribution >= 0.6 is 0 Å². The molecule has 0 fully saturated rings. The summed E-state index contributed by atoms with van der Waals surface area (Å²) in [6.45, 7) is 0. The number of hydrogen-bond acceptors (Lipinski definition) is 3. The molecule has 2 heterocycles. The zero-order valence-corrected chi connectivity index (χ0v) is 6.02. The summed E-state index contributed by atoms with van der Waals surface area (Å²) in [6.07, 6.45) is 4.19. The maximum atomic E-state index is 11.1. The highest BCUT2D eigenvalue weighted by Gasteiger charge is 1.95. The first kappa shape index (κ1) is 6.78. The predicted molar refractivity (Wildman–Crippen MR) is 42.1 cm³/mol. The fourth-order valence-electron chi connectivity index (χ4n) is 0.965. The third-order valence-electron chi connectivity index (χ3n) is 1.50. The molecule has 0 aliphatic carbocycles. The summed E-state index contributed by atoms with van der Waals surface area (Å²) in [6, 6.07) is 1.24. The van der Waals surface area contributed by atoms with Gasteiger partial charge in [0.1, 0.15) is 5.52 Å². The maximum Gasteiger partial charge on any atom is 0.274 e. The van der Waals surface area contributed by atoms with E-state index in [-0.39, 0.29) is 16.5 Å². The molecule has 0 saturated heterocycles. The number of fused-ring (bicyclic) bond motifs is 1. The molecule has 0 aliphatic heterocycles. The Labute approximate surface area is 66.3 Å². The standard InChI is InChI=1S/C7H5N3O2/c11-5-3-6-7(12)8-1-2-10(6)9-4-5/h1-4H,(H,8,12). The first-order chi connectivity index (χ1) is 5.77. The highest BCUT2D eigenvalue weighted by molar-refractivity contribution is 5.41. The highest BCUT2D eigenvalue weighted by Crippen LogP contribution is 1.85. The summed E-state index contributed by atoms with van der Waals surface area (Å²) in [5.74, 6) is 0. The highest BCUT2D eigenvalue weighted by atomic mass is 16.1. The summed E-state index contributed by atoms with van der Waals surface area (Å²) in [7, 11) is 0. The van der Waals surface area contributed by atoms with Crippen LogP contribution in [0.15, 0.2) is 34.2 Å². The van der Waals surface area contributed by atoms with Gasteiger partial charge in [-0.2, -0.15) is 5.10 Å². The van der Waals surface area contributed by atoms with Crippen LogP contribution in [-0.2, 0) is 0 Å². The first-order valence-electron chi connectivity index (χ1n) is 3.34. The second-order valence-corrected chi connectivity index (χ2v) is 2.31. The van der Waals surface area contributed by atoms with Gasteiger partial charge in [-0.05, 0) is 0 Å². The van der Waals surface area contributed by atoms with Crippen LogP contribution in [0, 0.1) is 0 Å². The SMILES string of the molecule is O=c1cnn2cc[nH]c(=O)c2c1. The quantitative estimate of drug-likeness (QED) is 0.563. The second-order valence-electron chi connectivity index (χ2n) is 2.31. The Hall–Kier alpha value is -1.91. The van der Waals surface area contributed by atoms with E-state index in [0.717, 1.165) is 6.20 Å². The van der Waals surface area contributed by atoms with Crippen LogP contribution in [0.5, 0.6) is 0 Å². The van der Waals surface area contributed by atoms with Crippen LogP contribution in [0.3, 0.4) is 0 Å². The van der Waals surface area contributed by atoms with Crippen molar-refractivity contribution in [1.82, 2.24) is 14.6 Å². The Bertz CT molecular complexity index is 526. The van der Waals surface area contributed by atoms with Crippen molar-refractivity contribution in [2.75, 3.05) is 0 Å². The van der Waals surface area contributed by atoms with Crippen molar-refractivity contribution >= 4 is 5.52 Å². The van der Waals surface area contributed by atoms with Gasteiger partial charge in [0.05, 0.1) is 6.20 Å². The van der Waals surface area contributed by atoms with Gasteiger partial charge >= 0.3 is 0 Å². The van der Waals surface area contributed by atoms with Gasteiger partial charge in [0.25, 0.3) is 5.56 Å². The Morgan fingerprint density at radius 2 is 2.25 bits per heavy atom. The van der Waals surface area contributed by atoms with E-state index in [1.165, 1.54) is 16.8 Å². The van der Waals surface area contributed by atoms with Crippen molar-refractivity contribution in [3.63, 3.8) is 0 Å². The van der Waals surface area contributed by atoms with E-state index in [2.05, 4.69) is 10.1 Å². The monoisotopic (exact) mass is 163 g/mol. The van der Waals surface area contributed by atoms with Gasteiger partial charge in [0, 0.05) is 18.5 Å². The lowest BCUT2D eigenvalue weighted by molar-refractivity contribution is 0.895. The zero-order chi connectivity index (χ0) is 8.55. The van der Waals surface area contributed by atoms with Crippen LogP contribution in [0.2, 0.25) is 0 Å². The van der Waals surface area contributed by atoms with E-state index in [1.807, 2.05) is 0 Å². The number of rotatable bonds is 0. The molecule has 0 atom stereocenters. The number of H-pyrrole nitrogens is 1. The van der Waals surface area contributed by atoms with Crippen LogP contribution in [0.1, 0.15) is 0 Å². The Morgan fingerprint density at radius 1 is 1.42 bits per heavy atom. The lowest BCUT2D eigenvalue weighted by Crippen LogP contribution is -2.15. The molecular weight excluding hydrogens is 158 g/mol. The minimum Gasteiger partial charge on any atom is -0.326 e. The molecule has 2 aromatic rings. The molecule has 5 heteroatoms. The Balaban J connectivity index is 3.08. The topological polar surface area (TPSA) is 67.2 Å². The lowest BCUT2D eigenvalue weighted by Gasteiger charge is -1.94. The van der Waals surface area contributed by atoms with Crippen LogP contribution in [0.25, 0.3) is 5.52 Å². The van der Waals surface area contributed by atoms with E-state index in [9.17, 15) is 9.59 Å². The average Bonchev–Trinajstić information content (AvgIpc) is 2.07. The van der Waals surface area contributed by atoms with Gasteiger partial charge in [-0.15, -0.1) is 0 Å². The van der Waals surface area contributed by atoms with Crippen LogP contribution < -0.4 is 11.0 Å². The van der Waals surface area contributed by atoms with Crippen molar-refractivity contribution in [3.8, 4) is 0 Å². The number of aromatic nitrogens is 3. The Kier molecular flexibility index (Phi) is 1.30. The minimum atomic E-state index is -0.317. The third kappa shape index (κ3) is 0.914. The van der Waals surface area contributed by atoms with E-state index in [0.29, 0.717) is 0 Å². The lowest BCUT2D eigenvalue weighted by atomic mass is 10.4. The molecule has 0 aliphatic rings. The third-order valence-corrected chi connectivity index (χ3v) is 1.50. The molecule has 0 saturated carbocycles. The molecular formula is C7H5N3O2. The number of hydrogen-bond donors (Lipinski definition) is 1. The molecule has 0 bridgehead atoms. The smallest absolute Gasteiger partial charge is 0.274 e. The zero-order valence-electron chi connectivity index (χ0n) is 6.02. The molecule has 0 spiro atoms. The van der Waals surface area contributed by atoms with E-state index in [1.54, 1.807) is 6.20 Å². The molecule has 0 radical (unpaired) electrons. The molecule has 1 N–H and O–H groups in total. The summed E-state index contributed by atoms with van der Waals surface area (Å²) < 4.78 is 1.35. The second kappa shape index (κ2) is 2.30. The van der Waals surface area contributed by atoms with Crippen molar-refractivity contribution < 1.29 is 0 Å². The van der Waals surface area contributed by atoms with Crippen molar-refractivity contribution in [2.45, 2.75) is 0 Å². The molecule has 0 aromatic carbocycles. The van der Waals surface area contributed by atoms with E-state index < -0.39 is 0 Å². The summed E-state index contributed by atoms with van der Waals surface area (Å²) in [4.78, 5) is 24.3. The van der Waals surface area contributed by atoms with Crippen molar-refractivity contribution in [3.05, 3.63) is 45.2 Å². The predicted octanol–water partition coefficient (Wildman–Crippen LogP) is -0.617. The van der Waals surface area contributed by atoms with Crippen molar-refractivity contribution in [1.29, 1.82) is 0 Å². The van der Waals surface area contributed by atoms with Crippen LogP contribution in [-0.4, -0.2) is 14.6 Å². The van der Waals surface area contributed by atoms with E-state index >= 15 is 0 Å². The molecule has 5 nitrogen and oxygen atoms in total. The van der Waals surface area contributed by atoms with Gasteiger partial charge in [0.15, 0.2) is 0 Å². The fraction of sp³-hybridized carbons (Fsp3) is 0. The van der Waals surface area contributed by atoms with E-state index in [4.69, 9.17) is 0 Å². The minimum absolute atomic E-state index is 0.255. The van der Waals surface area contributed by atoms with Gasteiger partial charge in [-0.25, -0.2) is 4.52 Å². The maximum absolute atomic E-state index is 11.1. The number of nitrogens with zero attached hydrogens (tertiary/aromatic N) is 2. The van der Waals surface area contributed by atoms with Crippen LogP contribution in [0.4, 0.5) is 0 Å². The number of nitrogens with one attached hydrogen (secondary N) is 1. The Morgan fingerprint density at radius 3 is 3.08 bits per heavy atom. The molecule has 0 unspecified atom stereocenters. The summed E-state index contributed by atoms with van der Waals surface area (Å²) >= 11 is 0. The number of aromatic amines is 1. The van der Waals surface area contributed by atoms with Gasteiger partial charge in [-0.3, -0.25) is 9.59 Å². The molecule has 60 valence electrons. The summed E-state index contributed by atoms with van der Waals surface area (Å²) in [5.41, 5.74) is -0.334. The fourth-order valence-corrected chi connectivity index (χ4v) is 0.965. The summed E-state index contributed by atoms with van der Waals surface area (Å²) in [5, 5.41) is 3.73. The molecule has 2 rings (SSSR count). The average molecular weight is 163 g/mol. The van der Waals surface area contributed by atoms with Gasteiger partial charge in [-0.1, -0.05) is 0 Å². The van der Waals surface area contributed by atoms with Gasteiger partial charge < -0.3 is 4.98 Å². The molecule has 2 aromatic heterocycles.